The van der Waals surface area contributed by atoms with Gasteiger partial charge in [0.15, 0.2) is 5.13 Å². The van der Waals surface area contributed by atoms with Gasteiger partial charge in [0, 0.05) is 29.7 Å². The van der Waals surface area contributed by atoms with E-state index in [4.69, 9.17) is 0 Å². The highest BCUT2D eigenvalue weighted by Crippen LogP contribution is 2.31. The number of carbonyl (C=O) groups is 1. The molecule has 0 radical (unpaired) electrons. The first kappa shape index (κ1) is 19.2. The lowest BCUT2D eigenvalue weighted by molar-refractivity contribution is -0.130. The van der Waals surface area contributed by atoms with Gasteiger partial charge in [0.05, 0.1) is 6.42 Å². The summed E-state index contributed by atoms with van der Waals surface area (Å²) < 4.78 is 0. The van der Waals surface area contributed by atoms with Crippen molar-refractivity contribution in [2.24, 2.45) is 5.41 Å². The van der Waals surface area contributed by atoms with Crippen LogP contribution in [0.1, 0.15) is 71.6 Å². The second-order valence-corrected chi connectivity index (χ2v) is 9.97. The summed E-state index contributed by atoms with van der Waals surface area (Å²) in [6.07, 6.45) is 8.18. The second-order valence-electron chi connectivity index (χ2n) is 8.85. The average molecular weight is 352 g/mol. The van der Waals surface area contributed by atoms with E-state index in [0.717, 1.165) is 42.4 Å². The summed E-state index contributed by atoms with van der Waals surface area (Å²) in [5.41, 5.74) is 0.251. The van der Waals surface area contributed by atoms with Crippen LogP contribution in [0.3, 0.4) is 0 Å². The molecule has 0 saturated carbocycles. The van der Waals surface area contributed by atoms with Gasteiger partial charge in [0.25, 0.3) is 0 Å². The van der Waals surface area contributed by atoms with E-state index in [1.165, 1.54) is 12.8 Å². The van der Waals surface area contributed by atoms with E-state index in [2.05, 4.69) is 44.9 Å². The highest BCUT2D eigenvalue weighted by molar-refractivity contribution is 7.15. The minimum atomic E-state index is -0.0117. The fourth-order valence-electron chi connectivity index (χ4n) is 3.69. The summed E-state index contributed by atoms with van der Waals surface area (Å²) >= 11 is 1.61. The van der Waals surface area contributed by atoms with Crippen LogP contribution in [0.2, 0.25) is 0 Å². The van der Waals surface area contributed by atoms with Gasteiger partial charge in [-0.3, -0.25) is 4.79 Å². The SMILES string of the molecule is CC(C)(C)CC(C)(C)Nc1ncc(CC(=O)N2CCCCCC2)s1. The number of carbonyl (C=O) groups excluding carboxylic acids is 1. The van der Waals surface area contributed by atoms with Crippen LogP contribution in [0, 0.1) is 5.41 Å². The van der Waals surface area contributed by atoms with Crippen molar-refractivity contribution in [1.29, 1.82) is 0 Å². The molecule has 0 aromatic carbocycles. The number of hydrogen-bond acceptors (Lipinski definition) is 4. The number of amides is 1. The zero-order valence-electron chi connectivity index (χ0n) is 15.9. The molecule has 1 aliphatic heterocycles. The molecule has 1 aliphatic rings. The first-order chi connectivity index (χ1) is 11.1. The largest absolute Gasteiger partial charge is 0.357 e. The van der Waals surface area contributed by atoms with Crippen molar-refractivity contribution in [3.8, 4) is 0 Å². The van der Waals surface area contributed by atoms with E-state index >= 15 is 0 Å². The Labute approximate surface area is 151 Å². The van der Waals surface area contributed by atoms with Gasteiger partial charge in [-0.1, -0.05) is 33.6 Å². The zero-order valence-corrected chi connectivity index (χ0v) is 16.8. The maximum atomic E-state index is 12.5. The third kappa shape index (κ3) is 6.42. The Morgan fingerprint density at radius 1 is 1.17 bits per heavy atom. The molecule has 1 amide bonds. The van der Waals surface area contributed by atoms with Gasteiger partial charge in [0.1, 0.15) is 0 Å². The standard InChI is InChI=1S/C19H33N3OS/c1-18(2,3)14-19(4,5)21-17-20-13-15(24-17)12-16(23)22-10-8-6-7-9-11-22/h13H,6-12,14H2,1-5H3,(H,20,21). The molecular weight excluding hydrogens is 318 g/mol. The summed E-state index contributed by atoms with van der Waals surface area (Å²) in [4.78, 5) is 20.1. The quantitative estimate of drug-likeness (QED) is 0.835. The molecular formula is C19H33N3OS. The van der Waals surface area contributed by atoms with Gasteiger partial charge in [-0.25, -0.2) is 4.98 Å². The van der Waals surface area contributed by atoms with E-state index in [1.54, 1.807) is 11.3 Å². The number of likely N-dealkylation sites (tertiary alicyclic amines) is 1. The van der Waals surface area contributed by atoms with Crippen molar-refractivity contribution in [1.82, 2.24) is 9.88 Å². The van der Waals surface area contributed by atoms with Crippen molar-refractivity contribution < 1.29 is 4.79 Å². The highest BCUT2D eigenvalue weighted by Gasteiger charge is 2.26. The molecule has 0 atom stereocenters. The average Bonchev–Trinajstić information content (AvgIpc) is 2.70. The number of nitrogens with one attached hydrogen (secondary N) is 1. The number of thiazole rings is 1. The van der Waals surface area contributed by atoms with E-state index in [0.29, 0.717) is 6.42 Å². The minimum absolute atomic E-state index is 0.0117. The van der Waals surface area contributed by atoms with Crippen LogP contribution in [0.15, 0.2) is 6.20 Å². The molecule has 1 N–H and O–H groups in total. The lowest BCUT2D eigenvalue weighted by Crippen LogP contribution is -2.35. The molecule has 5 heteroatoms. The van der Waals surface area contributed by atoms with Crippen LogP contribution in [0.25, 0.3) is 0 Å². The Bertz CT molecular complexity index is 537. The van der Waals surface area contributed by atoms with Crippen LogP contribution in [-0.4, -0.2) is 34.4 Å². The maximum absolute atomic E-state index is 12.5. The van der Waals surface area contributed by atoms with Crippen LogP contribution >= 0.6 is 11.3 Å². The fourth-order valence-corrected chi connectivity index (χ4v) is 4.67. The monoisotopic (exact) mass is 351 g/mol. The van der Waals surface area contributed by atoms with E-state index < -0.39 is 0 Å². The highest BCUT2D eigenvalue weighted by atomic mass is 32.1. The van der Waals surface area contributed by atoms with Crippen LogP contribution in [0.4, 0.5) is 5.13 Å². The molecule has 0 spiro atoms. The summed E-state index contributed by atoms with van der Waals surface area (Å²) in [6.45, 7) is 13.0. The predicted molar refractivity (Wildman–Crippen MR) is 103 cm³/mol. The summed E-state index contributed by atoms with van der Waals surface area (Å²) in [7, 11) is 0. The van der Waals surface area contributed by atoms with Crippen molar-refractivity contribution in [3.63, 3.8) is 0 Å². The Hall–Kier alpha value is -1.10. The Balaban J connectivity index is 1.91. The normalized spacial score (nSPS) is 16.8. The topological polar surface area (TPSA) is 45.2 Å². The van der Waals surface area contributed by atoms with Crippen molar-refractivity contribution in [3.05, 3.63) is 11.1 Å². The molecule has 136 valence electrons. The number of aromatic nitrogens is 1. The fraction of sp³-hybridized carbons (Fsp3) is 0.789. The van der Waals surface area contributed by atoms with Gasteiger partial charge in [0.2, 0.25) is 5.91 Å². The molecule has 4 nitrogen and oxygen atoms in total. The lowest BCUT2D eigenvalue weighted by Gasteiger charge is -2.33. The van der Waals surface area contributed by atoms with Gasteiger partial charge >= 0.3 is 0 Å². The Kier molecular flexibility index (Phi) is 6.29. The molecule has 1 aromatic rings. The predicted octanol–water partition coefficient (Wildman–Crippen LogP) is 4.71. The maximum Gasteiger partial charge on any atom is 0.227 e. The molecule has 0 unspecified atom stereocenters. The van der Waals surface area contributed by atoms with Gasteiger partial charge in [-0.15, -0.1) is 11.3 Å². The van der Waals surface area contributed by atoms with Crippen LogP contribution < -0.4 is 5.32 Å². The number of hydrogen-bond donors (Lipinski definition) is 1. The van der Waals surface area contributed by atoms with Gasteiger partial charge in [-0.2, -0.15) is 0 Å². The van der Waals surface area contributed by atoms with E-state index in [1.807, 2.05) is 11.1 Å². The van der Waals surface area contributed by atoms with Crippen molar-refractivity contribution >= 4 is 22.4 Å². The lowest BCUT2D eigenvalue weighted by atomic mass is 9.82. The van der Waals surface area contributed by atoms with Crippen molar-refractivity contribution in [2.75, 3.05) is 18.4 Å². The van der Waals surface area contributed by atoms with E-state index in [9.17, 15) is 4.79 Å². The molecule has 1 saturated heterocycles. The third-order valence-electron chi connectivity index (χ3n) is 4.26. The van der Waals surface area contributed by atoms with Gasteiger partial charge in [-0.05, 0) is 38.5 Å². The smallest absolute Gasteiger partial charge is 0.227 e. The number of anilines is 1. The first-order valence-electron chi connectivity index (χ1n) is 9.15. The molecule has 0 aliphatic carbocycles. The summed E-state index contributed by atoms with van der Waals surface area (Å²) in [5.74, 6) is 0.251. The first-order valence-corrected chi connectivity index (χ1v) is 9.97. The van der Waals surface area contributed by atoms with Gasteiger partial charge < -0.3 is 10.2 Å². The number of rotatable bonds is 5. The van der Waals surface area contributed by atoms with Crippen LogP contribution in [-0.2, 0) is 11.2 Å². The molecule has 1 aromatic heterocycles. The second kappa shape index (κ2) is 7.85. The molecule has 2 heterocycles. The summed E-state index contributed by atoms with van der Waals surface area (Å²) in [5, 5.41) is 4.46. The molecule has 2 rings (SSSR count). The molecule has 0 bridgehead atoms. The molecule has 1 fully saturated rings. The Morgan fingerprint density at radius 2 is 1.79 bits per heavy atom. The number of nitrogens with zero attached hydrogens (tertiary/aromatic N) is 2. The van der Waals surface area contributed by atoms with Crippen molar-refractivity contribution in [2.45, 2.75) is 78.7 Å². The zero-order chi connectivity index (χ0) is 17.8. The van der Waals surface area contributed by atoms with Crippen LogP contribution in [0.5, 0.6) is 0 Å². The third-order valence-corrected chi connectivity index (χ3v) is 5.17. The summed E-state index contributed by atoms with van der Waals surface area (Å²) in [6, 6.07) is 0. The molecule has 24 heavy (non-hydrogen) atoms. The minimum Gasteiger partial charge on any atom is -0.357 e. The Morgan fingerprint density at radius 3 is 2.38 bits per heavy atom. The van der Waals surface area contributed by atoms with E-state index in [-0.39, 0.29) is 16.9 Å².